The number of hydrogen-bond acceptors (Lipinski definition) is 3. The molecule has 0 aliphatic carbocycles. The predicted octanol–water partition coefficient (Wildman–Crippen LogP) is 2.20. The number of ketones is 1. The van der Waals surface area contributed by atoms with E-state index in [1.54, 1.807) is 29.4 Å². The highest BCUT2D eigenvalue weighted by Crippen LogP contribution is 2.18. The largest absolute Gasteiger partial charge is 0.340 e. The molecule has 0 radical (unpaired) electrons. The fourth-order valence-electron chi connectivity index (χ4n) is 1.96. The van der Waals surface area contributed by atoms with Crippen molar-refractivity contribution < 1.29 is 4.79 Å². The molecule has 3 aromatic rings. The van der Waals surface area contributed by atoms with Gasteiger partial charge in [-0.2, -0.15) is 0 Å². The van der Waals surface area contributed by atoms with E-state index in [1.807, 2.05) is 31.3 Å². The third-order valence-corrected chi connectivity index (χ3v) is 2.83. The zero-order chi connectivity index (χ0) is 12.5. The van der Waals surface area contributed by atoms with Crippen LogP contribution in [-0.4, -0.2) is 20.3 Å². The minimum Gasteiger partial charge on any atom is -0.340 e. The molecule has 0 N–H and O–H groups in total. The van der Waals surface area contributed by atoms with E-state index in [-0.39, 0.29) is 5.78 Å². The molecule has 0 saturated heterocycles. The molecule has 0 saturated carbocycles. The molecule has 0 spiro atoms. The van der Waals surface area contributed by atoms with Crippen LogP contribution in [0.25, 0.3) is 10.9 Å². The minimum absolute atomic E-state index is 0.0748. The van der Waals surface area contributed by atoms with Gasteiger partial charge in [-0.1, -0.05) is 18.2 Å². The van der Waals surface area contributed by atoms with Crippen molar-refractivity contribution in [1.29, 1.82) is 0 Å². The van der Waals surface area contributed by atoms with E-state index in [4.69, 9.17) is 0 Å². The van der Waals surface area contributed by atoms with Crippen molar-refractivity contribution >= 4 is 16.7 Å². The quantitative estimate of drug-likeness (QED) is 0.642. The lowest BCUT2D eigenvalue weighted by atomic mass is 10.0. The number of pyridine rings is 1. The SMILES string of the molecule is Cn1cnc(C(=O)c2ccnc3ccccc23)c1. The van der Waals surface area contributed by atoms with Gasteiger partial charge in [0.25, 0.3) is 0 Å². The number of hydrogen-bond donors (Lipinski definition) is 0. The van der Waals surface area contributed by atoms with Crippen LogP contribution in [0.4, 0.5) is 0 Å². The molecule has 3 rings (SSSR count). The summed E-state index contributed by atoms with van der Waals surface area (Å²) in [6, 6.07) is 9.34. The summed E-state index contributed by atoms with van der Waals surface area (Å²) in [6.07, 6.45) is 4.99. The lowest BCUT2D eigenvalue weighted by molar-refractivity contribution is 0.103. The number of aromatic nitrogens is 3. The summed E-state index contributed by atoms with van der Waals surface area (Å²) in [5.41, 5.74) is 1.91. The molecule has 0 aliphatic rings. The number of carbonyl (C=O) groups excluding carboxylic acids is 1. The lowest BCUT2D eigenvalue weighted by Crippen LogP contribution is -2.03. The van der Waals surface area contributed by atoms with Crippen LogP contribution in [0.5, 0.6) is 0 Å². The van der Waals surface area contributed by atoms with Crippen molar-refractivity contribution in [2.24, 2.45) is 7.05 Å². The topological polar surface area (TPSA) is 47.8 Å². The number of imidazole rings is 1. The highest BCUT2D eigenvalue weighted by Gasteiger charge is 2.14. The van der Waals surface area contributed by atoms with E-state index < -0.39 is 0 Å². The van der Waals surface area contributed by atoms with Gasteiger partial charge >= 0.3 is 0 Å². The number of aryl methyl sites for hydroxylation is 1. The summed E-state index contributed by atoms with van der Waals surface area (Å²) < 4.78 is 1.76. The maximum absolute atomic E-state index is 12.4. The summed E-state index contributed by atoms with van der Waals surface area (Å²) in [7, 11) is 1.84. The van der Waals surface area contributed by atoms with Gasteiger partial charge in [-0.25, -0.2) is 4.98 Å². The van der Waals surface area contributed by atoms with Gasteiger partial charge in [-0.15, -0.1) is 0 Å². The molecule has 2 heterocycles. The number of rotatable bonds is 2. The van der Waals surface area contributed by atoms with Crippen LogP contribution in [0.1, 0.15) is 16.1 Å². The molecule has 0 bridgehead atoms. The van der Waals surface area contributed by atoms with Gasteiger partial charge < -0.3 is 4.57 Å². The molecule has 0 fully saturated rings. The summed E-state index contributed by atoms with van der Waals surface area (Å²) >= 11 is 0. The van der Waals surface area contributed by atoms with Crippen molar-refractivity contribution in [1.82, 2.24) is 14.5 Å². The first-order chi connectivity index (χ1) is 8.75. The summed E-state index contributed by atoms with van der Waals surface area (Å²) in [5, 5.41) is 0.857. The minimum atomic E-state index is -0.0748. The molecule has 1 aromatic carbocycles. The zero-order valence-corrected chi connectivity index (χ0v) is 9.87. The summed E-state index contributed by atoms with van der Waals surface area (Å²) in [4.78, 5) is 20.7. The fraction of sp³-hybridized carbons (Fsp3) is 0.0714. The Bertz CT molecular complexity index is 725. The van der Waals surface area contributed by atoms with Gasteiger partial charge in [-0.05, 0) is 12.1 Å². The Labute approximate surface area is 104 Å². The highest BCUT2D eigenvalue weighted by atomic mass is 16.1. The molecule has 0 unspecified atom stereocenters. The average molecular weight is 237 g/mol. The van der Waals surface area contributed by atoms with E-state index in [0.717, 1.165) is 10.9 Å². The van der Waals surface area contributed by atoms with Gasteiger partial charge in [0.05, 0.1) is 11.8 Å². The molecule has 88 valence electrons. The number of carbonyl (C=O) groups is 1. The second kappa shape index (κ2) is 4.07. The standard InChI is InChI=1S/C14H11N3O/c1-17-8-13(16-9-17)14(18)11-6-7-15-12-5-3-2-4-10(11)12/h2-9H,1H3. The van der Waals surface area contributed by atoms with Gasteiger partial charge in [0.2, 0.25) is 5.78 Å². The number of benzene rings is 1. The van der Waals surface area contributed by atoms with Crippen molar-refractivity contribution in [3.8, 4) is 0 Å². The molecule has 0 aliphatic heterocycles. The monoisotopic (exact) mass is 237 g/mol. The first-order valence-corrected chi connectivity index (χ1v) is 5.62. The second-order valence-corrected chi connectivity index (χ2v) is 4.13. The Kier molecular flexibility index (Phi) is 2.41. The third-order valence-electron chi connectivity index (χ3n) is 2.83. The molecule has 4 nitrogen and oxygen atoms in total. The van der Waals surface area contributed by atoms with Gasteiger partial charge in [0, 0.05) is 30.4 Å². The number of para-hydroxylation sites is 1. The normalized spacial score (nSPS) is 10.7. The van der Waals surface area contributed by atoms with Crippen LogP contribution in [0.2, 0.25) is 0 Å². The predicted molar refractivity (Wildman–Crippen MR) is 68.4 cm³/mol. The fourth-order valence-corrected chi connectivity index (χ4v) is 1.96. The van der Waals surface area contributed by atoms with Crippen molar-refractivity contribution in [2.75, 3.05) is 0 Å². The number of nitrogens with zero attached hydrogens (tertiary/aromatic N) is 3. The summed E-state index contributed by atoms with van der Waals surface area (Å²) in [5.74, 6) is -0.0748. The van der Waals surface area contributed by atoms with Gasteiger partial charge in [0.15, 0.2) is 0 Å². The van der Waals surface area contributed by atoms with Crippen LogP contribution in [-0.2, 0) is 7.05 Å². The lowest BCUT2D eigenvalue weighted by Gasteiger charge is -2.02. The van der Waals surface area contributed by atoms with Crippen LogP contribution >= 0.6 is 0 Å². The Morgan fingerprint density at radius 1 is 1.17 bits per heavy atom. The molecule has 18 heavy (non-hydrogen) atoms. The third kappa shape index (κ3) is 1.68. The maximum Gasteiger partial charge on any atom is 0.213 e. The Balaban J connectivity index is 2.17. The first kappa shape index (κ1) is 10.7. The Morgan fingerprint density at radius 3 is 2.78 bits per heavy atom. The van der Waals surface area contributed by atoms with E-state index in [1.165, 1.54) is 0 Å². The van der Waals surface area contributed by atoms with E-state index in [2.05, 4.69) is 9.97 Å². The second-order valence-electron chi connectivity index (χ2n) is 4.13. The van der Waals surface area contributed by atoms with Crippen LogP contribution < -0.4 is 0 Å². The molecule has 0 amide bonds. The Morgan fingerprint density at radius 2 is 2.00 bits per heavy atom. The zero-order valence-electron chi connectivity index (χ0n) is 9.87. The molecule has 0 atom stereocenters. The maximum atomic E-state index is 12.4. The van der Waals surface area contributed by atoms with Crippen molar-refractivity contribution in [3.05, 3.63) is 60.3 Å². The molecule has 4 heteroatoms. The van der Waals surface area contributed by atoms with Gasteiger partial charge in [0.1, 0.15) is 5.69 Å². The van der Waals surface area contributed by atoms with Gasteiger partial charge in [-0.3, -0.25) is 9.78 Å². The Hall–Kier alpha value is -2.49. The van der Waals surface area contributed by atoms with E-state index >= 15 is 0 Å². The molecule has 2 aromatic heterocycles. The van der Waals surface area contributed by atoms with E-state index in [0.29, 0.717) is 11.3 Å². The summed E-state index contributed by atoms with van der Waals surface area (Å²) in [6.45, 7) is 0. The molecular formula is C14H11N3O. The van der Waals surface area contributed by atoms with Crippen LogP contribution in [0.3, 0.4) is 0 Å². The van der Waals surface area contributed by atoms with Crippen molar-refractivity contribution in [3.63, 3.8) is 0 Å². The van der Waals surface area contributed by atoms with Crippen LogP contribution in [0, 0.1) is 0 Å². The highest BCUT2D eigenvalue weighted by molar-refractivity contribution is 6.14. The van der Waals surface area contributed by atoms with Crippen molar-refractivity contribution in [2.45, 2.75) is 0 Å². The average Bonchev–Trinajstić information content (AvgIpc) is 2.84. The van der Waals surface area contributed by atoms with E-state index in [9.17, 15) is 4.79 Å². The van der Waals surface area contributed by atoms with Crippen LogP contribution in [0.15, 0.2) is 49.1 Å². The number of fused-ring (bicyclic) bond motifs is 1. The smallest absolute Gasteiger partial charge is 0.213 e. The molecular weight excluding hydrogens is 226 g/mol. The first-order valence-electron chi connectivity index (χ1n) is 5.62.